The highest BCUT2D eigenvalue weighted by atomic mass is 16.1. The minimum absolute atomic E-state index is 0.264. The number of carbonyl (C=O) groups excluding carboxylic acids is 1. The van der Waals surface area contributed by atoms with Gasteiger partial charge in [-0.25, -0.2) is 0 Å². The summed E-state index contributed by atoms with van der Waals surface area (Å²) in [5.41, 5.74) is 5.51. The summed E-state index contributed by atoms with van der Waals surface area (Å²) in [5, 5.41) is 1.31. The maximum absolute atomic E-state index is 11.1. The Hall–Kier alpha value is -1.57. The molecule has 2 nitrogen and oxygen atoms in total. The van der Waals surface area contributed by atoms with E-state index in [4.69, 9.17) is 0 Å². The lowest BCUT2D eigenvalue weighted by atomic mass is 10.0. The number of hydrogen-bond donors (Lipinski definition) is 1. The standard InChI is InChI=1S/C15H17NO/c1-10(17)5-6-13-9-16-15-8-12-4-2-3-11(12)7-14(13)15/h7-9,16H,2-6H2,1H3. The van der Waals surface area contributed by atoms with Crippen LogP contribution in [0.25, 0.3) is 10.9 Å². The molecule has 0 fully saturated rings. The second kappa shape index (κ2) is 4.02. The van der Waals surface area contributed by atoms with Gasteiger partial charge in [0.05, 0.1) is 0 Å². The topological polar surface area (TPSA) is 32.9 Å². The fourth-order valence-corrected chi connectivity index (χ4v) is 2.77. The lowest BCUT2D eigenvalue weighted by Gasteiger charge is -2.01. The van der Waals surface area contributed by atoms with Gasteiger partial charge in [-0.2, -0.15) is 0 Å². The first-order valence-corrected chi connectivity index (χ1v) is 6.35. The number of H-pyrrole nitrogens is 1. The molecule has 1 heterocycles. The molecular formula is C15H17NO. The third-order valence-corrected chi connectivity index (χ3v) is 3.73. The Labute approximate surface area is 101 Å². The van der Waals surface area contributed by atoms with E-state index < -0.39 is 0 Å². The molecule has 2 heteroatoms. The molecule has 0 amide bonds. The fourth-order valence-electron chi connectivity index (χ4n) is 2.77. The van der Waals surface area contributed by atoms with Gasteiger partial charge in [0, 0.05) is 23.5 Å². The lowest BCUT2D eigenvalue weighted by molar-refractivity contribution is -0.116. The number of rotatable bonds is 3. The third kappa shape index (κ3) is 1.88. The number of aromatic amines is 1. The Morgan fingerprint density at radius 2 is 2.06 bits per heavy atom. The number of carbonyl (C=O) groups is 1. The van der Waals surface area contributed by atoms with Crippen LogP contribution in [0.5, 0.6) is 0 Å². The molecule has 1 N–H and O–H groups in total. The quantitative estimate of drug-likeness (QED) is 0.858. The smallest absolute Gasteiger partial charge is 0.130 e. The number of fused-ring (bicyclic) bond motifs is 2. The highest BCUT2D eigenvalue weighted by Crippen LogP contribution is 2.29. The summed E-state index contributed by atoms with van der Waals surface area (Å²) in [6.45, 7) is 1.66. The van der Waals surface area contributed by atoms with Crippen LogP contribution in [0.2, 0.25) is 0 Å². The van der Waals surface area contributed by atoms with E-state index in [0.29, 0.717) is 6.42 Å². The molecule has 0 spiro atoms. The van der Waals surface area contributed by atoms with Crippen molar-refractivity contribution in [3.05, 3.63) is 35.0 Å². The molecule has 2 aromatic rings. The molecule has 3 rings (SSSR count). The first-order valence-electron chi connectivity index (χ1n) is 6.35. The maximum Gasteiger partial charge on any atom is 0.130 e. The number of aromatic nitrogens is 1. The average Bonchev–Trinajstić information content (AvgIpc) is 2.88. The van der Waals surface area contributed by atoms with Crippen LogP contribution in [-0.2, 0) is 24.1 Å². The van der Waals surface area contributed by atoms with E-state index in [0.717, 1.165) is 6.42 Å². The molecule has 0 unspecified atom stereocenters. The maximum atomic E-state index is 11.1. The molecule has 0 saturated heterocycles. The van der Waals surface area contributed by atoms with Crippen LogP contribution in [-0.4, -0.2) is 10.8 Å². The normalized spacial score (nSPS) is 14.2. The Morgan fingerprint density at radius 3 is 2.82 bits per heavy atom. The summed E-state index contributed by atoms with van der Waals surface area (Å²) < 4.78 is 0. The molecule has 0 radical (unpaired) electrons. The molecule has 88 valence electrons. The second-order valence-corrected chi connectivity index (χ2v) is 5.04. The van der Waals surface area contributed by atoms with Gasteiger partial charge in [0.1, 0.15) is 5.78 Å². The van der Waals surface area contributed by atoms with Crippen LogP contribution in [0.15, 0.2) is 18.3 Å². The molecule has 0 saturated carbocycles. The van der Waals surface area contributed by atoms with Crippen LogP contribution < -0.4 is 0 Å². The Kier molecular flexibility index (Phi) is 2.50. The van der Waals surface area contributed by atoms with Crippen molar-refractivity contribution in [3.63, 3.8) is 0 Å². The van der Waals surface area contributed by atoms with Gasteiger partial charge in [-0.05, 0) is 61.4 Å². The van der Waals surface area contributed by atoms with Crippen LogP contribution in [0, 0.1) is 0 Å². The highest BCUT2D eigenvalue weighted by molar-refractivity contribution is 5.86. The van der Waals surface area contributed by atoms with Gasteiger partial charge in [0.2, 0.25) is 0 Å². The van der Waals surface area contributed by atoms with Crippen molar-refractivity contribution in [2.45, 2.75) is 39.0 Å². The van der Waals surface area contributed by atoms with Gasteiger partial charge in [0.15, 0.2) is 0 Å². The summed E-state index contributed by atoms with van der Waals surface area (Å²) in [6.07, 6.45) is 7.27. The van der Waals surface area contributed by atoms with E-state index in [1.165, 1.54) is 46.9 Å². The molecule has 0 aliphatic heterocycles. The molecule has 1 aliphatic rings. The zero-order chi connectivity index (χ0) is 11.8. The fraction of sp³-hybridized carbons (Fsp3) is 0.400. The Bertz CT molecular complexity index is 580. The second-order valence-electron chi connectivity index (χ2n) is 5.04. The van der Waals surface area contributed by atoms with Gasteiger partial charge in [-0.15, -0.1) is 0 Å². The van der Waals surface area contributed by atoms with E-state index >= 15 is 0 Å². The van der Waals surface area contributed by atoms with Crippen LogP contribution >= 0.6 is 0 Å². The van der Waals surface area contributed by atoms with Crippen molar-refractivity contribution in [3.8, 4) is 0 Å². The van der Waals surface area contributed by atoms with E-state index in [2.05, 4.69) is 23.3 Å². The number of hydrogen-bond acceptors (Lipinski definition) is 1. The minimum atomic E-state index is 0.264. The predicted octanol–water partition coefficient (Wildman–Crippen LogP) is 3.18. The van der Waals surface area contributed by atoms with E-state index in [1.54, 1.807) is 6.92 Å². The highest BCUT2D eigenvalue weighted by Gasteiger charge is 2.14. The molecule has 0 atom stereocenters. The largest absolute Gasteiger partial charge is 0.361 e. The number of ketones is 1. The third-order valence-electron chi connectivity index (χ3n) is 3.73. The van der Waals surface area contributed by atoms with Crippen LogP contribution in [0.3, 0.4) is 0 Å². The van der Waals surface area contributed by atoms with Crippen LogP contribution in [0.4, 0.5) is 0 Å². The van der Waals surface area contributed by atoms with Gasteiger partial charge in [-0.3, -0.25) is 0 Å². The molecular weight excluding hydrogens is 210 g/mol. The minimum Gasteiger partial charge on any atom is -0.361 e. The van der Waals surface area contributed by atoms with Crippen LogP contribution in [0.1, 0.15) is 36.5 Å². The summed E-state index contributed by atoms with van der Waals surface area (Å²) in [6, 6.07) is 4.61. The van der Waals surface area contributed by atoms with Crippen molar-refractivity contribution in [2.24, 2.45) is 0 Å². The summed E-state index contributed by atoms with van der Waals surface area (Å²) in [7, 11) is 0. The van der Waals surface area contributed by atoms with Crippen molar-refractivity contribution in [1.29, 1.82) is 0 Å². The van der Waals surface area contributed by atoms with E-state index in [1.807, 2.05) is 0 Å². The summed E-state index contributed by atoms with van der Waals surface area (Å²) in [5.74, 6) is 0.264. The lowest BCUT2D eigenvalue weighted by Crippen LogP contribution is -1.93. The zero-order valence-electron chi connectivity index (χ0n) is 10.2. The van der Waals surface area contributed by atoms with Gasteiger partial charge in [0.25, 0.3) is 0 Å². The zero-order valence-corrected chi connectivity index (χ0v) is 10.2. The molecule has 1 aliphatic carbocycles. The summed E-state index contributed by atoms with van der Waals surface area (Å²) in [4.78, 5) is 14.4. The Morgan fingerprint density at radius 1 is 1.29 bits per heavy atom. The Balaban J connectivity index is 2.00. The monoisotopic (exact) mass is 227 g/mol. The molecule has 1 aromatic heterocycles. The van der Waals surface area contributed by atoms with Gasteiger partial charge in [-0.1, -0.05) is 0 Å². The van der Waals surface area contributed by atoms with Crippen molar-refractivity contribution < 1.29 is 4.79 Å². The molecule has 0 bridgehead atoms. The first kappa shape index (κ1) is 10.6. The number of Topliss-reactive ketones (excluding diaryl/α,β-unsaturated/α-hetero) is 1. The number of benzene rings is 1. The van der Waals surface area contributed by atoms with E-state index in [-0.39, 0.29) is 5.78 Å². The number of nitrogens with one attached hydrogen (secondary N) is 1. The van der Waals surface area contributed by atoms with Crippen molar-refractivity contribution in [2.75, 3.05) is 0 Å². The SMILES string of the molecule is CC(=O)CCc1c[nH]c2cc3c(cc12)CCC3. The first-order chi connectivity index (χ1) is 8.24. The van der Waals surface area contributed by atoms with Gasteiger partial charge < -0.3 is 9.78 Å². The molecule has 17 heavy (non-hydrogen) atoms. The average molecular weight is 227 g/mol. The number of aryl methyl sites for hydroxylation is 3. The summed E-state index contributed by atoms with van der Waals surface area (Å²) >= 11 is 0. The van der Waals surface area contributed by atoms with Crippen molar-refractivity contribution >= 4 is 16.7 Å². The predicted molar refractivity (Wildman–Crippen MR) is 69.3 cm³/mol. The van der Waals surface area contributed by atoms with Gasteiger partial charge >= 0.3 is 0 Å². The van der Waals surface area contributed by atoms with Crippen molar-refractivity contribution in [1.82, 2.24) is 4.98 Å². The van der Waals surface area contributed by atoms with E-state index in [9.17, 15) is 4.79 Å². The molecule has 1 aromatic carbocycles.